The number of thioether (sulfide) groups is 1. The fraction of sp³-hybridized carbons (Fsp3) is 0.0952. The molecule has 0 spiro atoms. The molecule has 4 heteroatoms. The van der Waals surface area contributed by atoms with Crippen LogP contribution in [0.3, 0.4) is 0 Å². The Balaban J connectivity index is 2.41. The van der Waals surface area contributed by atoms with Gasteiger partial charge >= 0.3 is 0 Å². The first-order chi connectivity index (χ1) is 12.2. The highest BCUT2D eigenvalue weighted by Crippen LogP contribution is 2.37. The van der Waals surface area contributed by atoms with Gasteiger partial charge in [0.05, 0.1) is 16.8 Å². The van der Waals surface area contributed by atoms with Gasteiger partial charge in [0.25, 0.3) is 0 Å². The monoisotopic (exact) mass is 341 g/mol. The van der Waals surface area contributed by atoms with E-state index in [4.69, 9.17) is 0 Å². The number of nitriles is 2. The highest BCUT2D eigenvalue weighted by molar-refractivity contribution is 7.98. The van der Waals surface area contributed by atoms with Gasteiger partial charge in [-0.05, 0) is 18.7 Å². The second kappa shape index (κ2) is 7.21. The predicted octanol–water partition coefficient (Wildman–Crippen LogP) is 5.19. The summed E-state index contributed by atoms with van der Waals surface area (Å²) in [5.41, 5.74) is 5.01. The molecule has 0 fully saturated rings. The summed E-state index contributed by atoms with van der Waals surface area (Å²) in [4.78, 5) is 4.62. The third-order valence-electron chi connectivity index (χ3n) is 3.97. The minimum Gasteiger partial charge on any atom is -0.239 e. The summed E-state index contributed by atoms with van der Waals surface area (Å²) in [5, 5.41) is 20.2. The lowest BCUT2D eigenvalue weighted by molar-refractivity contribution is 1.11. The van der Waals surface area contributed by atoms with Crippen molar-refractivity contribution in [3.8, 4) is 34.5 Å². The van der Waals surface area contributed by atoms with E-state index in [2.05, 4.69) is 17.1 Å². The van der Waals surface area contributed by atoms with Crippen molar-refractivity contribution in [2.24, 2.45) is 0 Å². The molecule has 120 valence electrons. The Kier molecular flexibility index (Phi) is 4.84. The Morgan fingerprint density at radius 1 is 0.840 bits per heavy atom. The molecule has 0 saturated heterocycles. The molecule has 1 aromatic heterocycles. The first kappa shape index (κ1) is 16.8. The summed E-state index contributed by atoms with van der Waals surface area (Å²) >= 11 is 1.42. The molecule has 0 aliphatic carbocycles. The van der Waals surface area contributed by atoms with Crippen molar-refractivity contribution in [2.75, 3.05) is 6.26 Å². The van der Waals surface area contributed by atoms with Crippen LogP contribution in [-0.2, 0) is 0 Å². The summed E-state index contributed by atoms with van der Waals surface area (Å²) in [6, 6.07) is 22.0. The lowest BCUT2D eigenvalue weighted by Crippen LogP contribution is -2.00. The number of nitrogens with zero attached hydrogens (tertiary/aromatic N) is 3. The fourth-order valence-corrected chi connectivity index (χ4v) is 3.27. The molecule has 0 saturated carbocycles. The average molecular weight is 341 g/mol. The molecule has 0 radical (unpaired) electrons. The number of hydrogen-bond acceptors (Lipinski definition) is 4. The van der Waals surface area contributed by atoms with Crippen LogP contribution in [0.5, 0.6) is 0 Å². The van der Waals surface area contributed by atoms with Crippen molar-refractivity contribution in [1.29, 1.82) is 10.5 Å². The maximum absolute atomic E-state index is 9.85. The molecular formula is C21H15N3S. The van der Waals surface area contributed by atoms with Gasteiger partial charge in [-0.1, -0.05) is 60.2 Å². The molecule has 0 amide bonds. The van der Waals surface area contributed by atoms with E-state index in [0.29, 0.717) is 27.4 Å². The zero-order chi connectivity index (χ0) is 17.8. The molecule has 3 aromatic rings. The quantitative estimate of drug-likeness (QED) is 0.615. The lowest BCUT2D eigenvalue weighted by atomic mass is 9.93. The molecular weight excluding hydrogens is 326 g/mol. The molecule has 3 nitrogen and oxygen atoms in total. The third kappa shape index (κ3) is 3.13. The van der Waals surface area contributed by atoms with Crippen LogP contribution in [0, 0.1) is 29.6 Å². The zero-order valence-electron chi connectivity index (χ0n) is 13.9. The molecule has 0 aliphatic heterocycles. The number of benzene rings is 2. The average Bonchev–Trinajstić information content (AvgIpc) is 2.67. The topological polar surface area (TPSA) is 60.5 Å². The van der Waals surface area contributed by atoms with E-state index in [1.807, 2.05) is 67.8 Å². The van der Waals surface area contributed by atoms with E-state index in [0.717, 1.165) is 16.7 Å². The number of aryl methyl sites for hydroxylation is 1. The van der Waals surface area contributed by atoms with Crippen LogP contribution in [0.1, 0.15) is 16.7 Å². The molecule has 2 aromatic carbocycles. The Bertz CT molecular complexity index is 995. The summed E-state index contributed by atoms with van der Waals surface area (Å²) in [5.74, 6) is 0. The molecule has 25 heavy (non-hydrogen) atoms. The van der Waals surface area contributed by atoms with E-state index < -0.39 is 0 Å². The van der Waals surface area contributed by atoms with Crippen molar-refractivity contribution in [3.05, 3.63) is 71.3 Å². The lowest BCUT2D eigenvalue weighted by Gasteiger charge is -2.14. The van der Waals surface area contributed by atoms with Gasteiger partial charge in [0, 0.05) is 11.1 Å². The van der Waals surface area contributed by atoms with E-state index >= 15 is 0 Å². The highest BCUT2D eigenvalue weighted by atomic mass is 32.2. The van der Waals surface area contributed by atoms with Crippen LogP contribution < -0.4 is 0 Å². The molecule has 0 atom stereocenters. The first-order valence-electron chi connectivity index (χ1n) is 7.74. The van der Waals surface area contributed by atoms with Gasteiger partial charge in [-0.3, -0.25) is 0 Å². The van der Waals surface area contributed by atoms with Crippen molar-refractivity contribution in [1.82, 2.24) is 4.98 Å². The molecule has 3 rings (SSSR count). The standard InChI is InChI=1S/C21H15N3S/c1-14-8-10-15(11-9-14)19-17(12-22)20(16-6-4-3-5-7-16)24-21(25-2)18(19)13-23/h3-11H,1-2H3. The smallest absolute Gasteiger partial charge is 0.115 e. The van der Waals surface area contributed by atoms with Gasteiger partial charge in [-0.25, -0.2) is 4.98 Å². The summed E-state index contributed by atoms with van der Waals surface area (Å²) in [6.07, 6.45) is 1.89. The van der Waals surface area contributed by atoms with Gasteiger partial charge in [-0.2, -0.15) is 10.5 Å². The van der Waals surface area contributed by atoms with Gasteiger partial charge in [0.2, 0.25) is 0 Å². The van der Waals surface area contributed by atoms with Crippen LogP contribution in [0.25, 0.3) is 22.4 Å². The Labute approximate surface area is 151 Å². The highest BCUT2D eigenvalue weighted by Gasteiger charge is 2.21. The van der Waals surface area contributed by atoms with Crippen LogP contribution >= 0.6 is 11.8 Å². The number of hydrogen-bond donors (Lipinski definition) is 0. The zero-order valence-corrected chi connectivity index (χ0v) is 14.8. The normalized spacial score (nSPS) is 10.1. The van der Waals surface area contributed by atoms with Crippen LogP contribution in [0.15, 0.2) is 59.6 Å². The maximum atomic E-state index is 9.85. The van der Waals surface area contributed by atoms with Crippen LogP contribution in [-0.4, -0.2) is 11.2 Å². The van der Waals surface area contributed by atoms with Crippen LogP contribution in [0.4, 0.5) is 0 Å². The van der Waals surface area contributed by atoms with Gasteiger partial charge in [0.15, 0.2) is 0 Å². The molecule has 0 bridgehead atoms. The SMILES string of the molecule is CSc1nc(-c2ccccc2)c(C#N)c(-c2ccc(C)cc2)c1C#N. The van der Waals surface area contributed by atoms with Crippen LogP contribution in [0.2, 0.25) is 0 Å². The molecule has 0 aliphatic rings. The number of aromatic nitrogens is 1. The minimum absolute atomic E-state index is 0.435. The van der Waals surface area contributed by atoms with E-state index in [9.17, 15) is 10.5 Å². The molecule has 0 unspecified atom stereocenters. The number of rotatable bonds is 3. The fourth-order valence-electron chi connectivity index (χ4n) is 2.74. The Morgan fingerprint density at radius 3 is 2.04 bits per heavy atom. The second-order valence-corrected chi connectivity index (χ2v) is 6.35. The third-order valence-corrected chi connectivity index (χ3v) is 4.65. The Hall–Kier alpha value is -3.08. The Morgan fingerprint density at radius 2 is 1.48 bits per heavy atom. The van der Waals surface area contributed by atoms with Crippen molar-refractivity contribution in [3.63, 3.8) is 0 Å². The minimum atomic E-state index is 0.435. The summed E-state index contributed by atoms with van der Waals surface area (Å²) < 4.78 is 0. The van der Waals surface area contributed by atoms with Gasteiger partial charge in [0.1, 0.15) is 17.2 Å². The second-order valence-electron chi connectivity index (χ2n) is 5.55. The van der Waals surface area contributed by atoms with E-state index in [1.54, 1.807) is 0 Å². The maximum Gasteiger partial charge on any atom is 0.115 e. The predicted molar refractivity (Wildman–Crippen MR) is 101 cm³/mol. The first-order valence-corrected chi connectivity index (χ1v) is 8.96. The van der Waals surface area contributed by atoms with Crippen molar-refractivity contribution in [2.45, 2.75) is 11.9 Å². The molecule has 1 heterocycles. The van der Waals surface area contributed by atoms with Crippen molar-refractivity contribution < 1.29 is 0 Å². The molecule has 0 N–H and O–H groups in total. The summed E-state index contributed by atoms with van der Waals surface area (Å²) in [7, 11) is 0. The largest absolute Gasteiger partial charge is 0.239 e. The number of pyridine rings is 1. The summed E-state index contributed by atoms with van der Waals surface area (Å²) in [6.45, 7) is 2.01. The van der Waals surface area contributed by atoms with E-state index in [1.165, 1.54) is 11.8 Å². The van der Waals surface area contributed by atoms with E-state index in [-0.39, 0.29) is 0 Å². The van der Waals surface area contributed by atoms with Gasteiger partial charge in [-0.15, -0.1) is 11.8 Å². The van der Waals surface area contributed by atoms with Gasteiger partial charge < -0.3 is 0 Å². The van der Waals surface area contributed by atoms with Crippen molar-refractivity contribution >= 4 is 11.8 Å².